The first-order valence-corrected chi connectivity index (χ1v) is 12.5. The van der Waals surface area contributed by atoms with Crippen molar-refractivity contribution in [2.24, 2.45) is 0 Å². The van der Waals surface area contributed by atoms with Crippen LogP contribution in [0, 0.1) is 13.8 Å². The molecule has 31 heavy (non-hydrogen) atoms. The quantitative estimate of drug-likeness (QED) is 0.327. The van der Waals surface area contributed by atoms with Gasteiger partial charge in [-0.3, -0.25) is 9.59 Å². The minimum atomic E-state index is -0.223. The van der Waals surface area contributed by atoms with Crippen molar-refractivity contribution in [3.63, 3.8) is 0 Å². The van der Waals surface area contributed by atoms with Crippen LogP contribution in [0.1, 0.15) is 17.5 Å². The Bertz CT molecular complexity index is 831. The molecule has 0 fully saturated rings. The summed E-state index contributed by atoms with van der Waals surface area (Å²) in [6.45, 7) is 4.52. The van der Waals surface area contributed by atoms with Crippen molar-refractivity contribution >= 4 is 75.5 Å². The fraction of sp³-hybridized carbons (Fsp3) is 0.333. The van der Waals surface area contributed by atoms with Crippen LogP contribution in [0.5, 0.6) is 11.5 Å². The molecule has 0 atom stereocenters. The minimum Gasteiger partial charge on any atom is -0.482 e. The molecular weight excluding hydrogens is 664 g/mol. The molecule has 168 valence electrons. The zero-order valence-electron chi connectivity index (χ0n) is 17.0. The molecule has 2 N–H and O–H groups in total. The van der Waals surface area contributed by atoms with Crippen molar-refractivity contribution in [1.29, 1.82) is 0 Å². The normalized spacial score (nSPS) is 10.5. The van der Waals surface area contributed by atoms with Crippen LogP contribution in [-0.4, -0.2) is 38.1 Å². The molecule has 0 unspecified atom stereocenters. The van der Waals surface area contributed by atoms with Gasteiger partial charge in [-0.2, -0.15) is 0 Å². The fourth-order valence-electron chi connectivity index (χ4n) is 2.67. The lowest BCUT2D eigenvalue weighted by Gasteiger charge is -2.13. The number of benzene rings is 2. The van der Waals surface area contributed by atoms with Crippen LogP contribution >= 0.6 is 63.7 Å². The number of hydrogen-bond acceptors (Lipinski definition) is 4. The summed E-state index contributed by atoms with van der Waals surface area (Å²) in [5.74, 6) is 0.829. The molecule has 2 aromatic carbocycles. The van der Waals surface area contributed by atoms with Crippen LogP contribution in [0.3, 0.4) is 0 Å². The molecule has 0 aliphatic rings. The van der Waals surface area contributed by atoms with E-state index < -0.39 is 0 Å². The number of aryl methyl sites for hydroxylation is 2. The summed E-state index contributed by atoms with van der Waals surface area (Å²) in [7, 11) is 0. The van der Waals surface area contributed by atoms with Crippen LogP contribution in [0.4, 0.5) is 0 Å². The van der Waals surface area contributed by atoms with Crippen molar-refractivity contribution in [2.45, 2.75) is 20.3 Å². The van der Waals surface area contributed by atoms with Gasteiger partial charge < -0.3 is 20.1 Å². The van der Waals surface area contributed by atoms with Crippen LogP contribution in [0.2, 0.25) is 0 Å². The number of hydrogen-bond donors (Lipinski definition) is 2. The van der Waals surface area contributed by atoms with Gasteiger partial charge in [0.1, 0.15) is 11.5 Å². The zero-order chi connectivity index (χ0) is 23.0. The summed E-state index contributed by atoms with van der Waals surface area (Å²) in [4.78, 5) is 23.9. The minimum absolute atomic E-state index is 0.0807. The molecule has 0 aliphatic heterocycles. The van der Waals surface area contributed by atoms with Gasteiger partial charge in [-0.1, -0.05) is 31.9 Å². The highest BCUT2D eigenvalue weighted by molar-refractivity contribution is 9.11. The maximum atomic E-state index is 12.0. The number of halogens is 4. The van der Waals surface area contributed by atoms with E-state index in [-0.39, 0.29) is 25.0 Å². The molecule has 0 radical (unpaired) electrons. The van der Waals surface area contributed by atoms with Crippen LogP contribution in [0.15, 0.2) is 42.2 Å². The third-order valence-electron chi connectivity index (χ3n) is 4.08. The van der Waals surface area contributed by atoms with Gasteiger partial charge in [-0.05, 0) is 87.5 Å². The molecule has 0 bridgehead atoms. The summed E-state index contributed by atoms with van der Waals surface area (Å²) in [5.41, 5.74) is 1.84. The summed E-state index contributed by atoms with van der Waals surface area (Å²) in [6, 6.07) is 7.56. The van der Waals surface area contributed by atoms with Gasteiger partial charge in [-0.25, -0.2) is 0 Å². The average molecular weight is 686 g/mol. The van der Waals surface area contributed by atoms with E-state index >= 15 is 0 Å². The van der Waals surface area contributed by atoms with Gasteiger partial charge >= 0.3 is 0 Å². The average Bonchev–Trinajstić information content (AvgIpc) is 2.66. The number of amides is 2. The summed E-state index contributed by atoms with van der Waals surface area (Å²) < 4.78 is 14.6. The monoisotopic (exact) mass is 682 g/mol. The predicted octanol–water partition coefficient (Wildman–Crippen LogP) is 5.43. The van der Waals surface area contributed by atoms with Crippen molar-refractivity contribution in [3.8, 4) is 11.5 Å². The van der Waals surface area contributed by atoms with E-state index in [2.05, 4.69) is 74.4 Å². The van der Waals surface area contributed by atoms with Crippen molar-refractivity contribution in [3.05, 3.63) is 53.3 Å². The van der Waals surface area contributed by atoms with Gasteiger partial charge in [-0.15, -0.1) is 0 Å². The molecule has 2 rings (SSSR count). The van der Waals surface area contributed by atoms with Gasteiger partial charge in [0.15, 0.2) is 13.2 Å². The highest BCUT2D eigenvalue weighted by atomic mass is 79.9. The predicted molar refractivity (Wildman–Crippen MR) is 135 cm³/mol. The van der Waals surface area contributed by atoms with E-state index in [9.17, 15) is 9.59 Å². The third kappa shape index (κ3) is 8.75. The van der Waals surface area contributed by atoms with Crippen LogP contribution in [0.25, 0.3) is 0 Å². The zero-order valence-corrected chi connectivity index (χ0v) is 23.3. The molecule has 0 aliphatic carbocycles. The molecule has 0 heterocycles. The SMILES string of the molecule is Cc1cc(Br)cc(Br)c1OCC(=O)NCCCNC(=O)COc1c(C)cc(Br)cc1Br. The Morgan fingerprint density at radius 2 is 1.13 bits per heavy atom. The topological polar surface area (TPSA) is 76.7 Å². The van der Waals surface area contributed by atoms with E-state index in [1.807, 2.05) is 38.1 Å². The van der Waals surface area contributed by atoms with E-state index in [1.54, 1.807) is 0 Å². The Balaban J connectivity index is 1.62. The maximum Gasteiger partial charge on any atom is 0.257 e. The second-order valence-electron chi connectivity index (χ2n) is 6.70. The smallest absolute Gasteiger partial charge is 0.257 e. The lowest BCUT2D eigenvalue weighted by atomic mass is 10.2. The number of nitrogens with one attached hydrogen (secondary N) is 2. The van der Waals surface area contributed by atoms with Crippen LogP contribution < -0.4 is 20.1 Å². The summed E-state index contributed by atoms with van der Waals surface area (Å²) in [6.07, 6.45) is 0.597. The Morgan fingerprint density at radius 3 is 1.48 bits per heavy atom. The van der Waals surface area contributed by atoms with E-state index in [0.29, 0.717) is 31.0 Å². The number of carbonyl (C=O) groups excluding carboxylic acids is 2. The second kappa shape index (κ2) is 12.8. The molecule has 0 saturated carbocycles. The van der Waals surface area contributed by atoms with Gasteiger partial charge in [0.05, 0.1) is 8.95 Å². The van der Waals surface area contributed by atoms with Crippen molar-refractivity contribution in [2.75, 3.05) is 26.3 Å². The molecule has 6 nitrogen and oxygen atoms in total. The van der Waals surface area contributed by atoms with E-state index in [4.69, 9.17) is 9.47 Å². The number of ether oxygens (including phenoxy) is 2. The van der Waals surface area contributed by atoms with Gasteiger partial charge in [0, 0.05) is 22.0 Å². The number of rotatable bonds is 10. The third-order valence-corrected chi connectivity index (χ3v) is 6.17. The lowest BCUT2D eigenvalue weighted by Crippen LogP contribution is -2.34. The molecule has 0 spiro atoms. The maximum absolute atomic E-state index is 12.0. The Hall–Kier alpha value is -1.10. The molecule has 2 amide bonds. The molecule has 0 saturated heterocycles. The molecule has 2 aromatic rings. The number of carbonyl (C=O) groups is 2. The Kier molecular flexibility index (Phi) is 10.8. The van der Waals surface area contributed by atoms with Crippen LogP contribution in [-0.2, 0) is 9.59 Å². The van der Waals surface area contributed by atoms with Crippen molar-refractivity contribution in [1.82, 2.24) is 10.6 Å². The van der Waals surface area contributed by atoms with E-state index in [1.165, 1.54) is 0 Å². The summed E-state index contributed by atoms with van der Waals surface area (Å²) in [5, 5.41) is 5.55. The highest BCUT2D eigenvalue weighted by Crippen LogP contribution is 2.33. The van der Waals surface area contributed by atoms with Gasteiger partial charge in [0.2, 0.25) is 0 Å². The first kappa shape index (κ1) is 26.2. The fourth-order valence-corrected chi connectivity index (χ4v) is 5.77. The molecular formula is C21H22Br4N2O4. The lowest BCUT2D eigenvalue weighted by molar-refractivity contribution is -0.123. The highest BCUT2D eigenvalue weighted by Gasteiger charge is 2.11. The molecule has 10 heteroatoms. The van der Waals surface area contributed by atoms with Gasteiger partial charge in [0.25, 0.3) is 11.8 Å². The van der Waals surface area contributed by atoms with E-state index in [0.717, 1.165) is 29.0 Å². The first-order chi connectivity index (χ1) is 14.7. The Morgan fingerprint density at radius 1 is 0.742 bits per heavy atom. The standard InChI is InChI=1S/C21H22Br4N2O4/c1-12-6-14(22)8-16(24)20(12)30-10-18(28)26-4-3-5-27-19(29)11-31-21-13(2)7-15(23)9-17(21)25/h6-9H,3-5,10-11H2,1-2H3,(H,26,28)(H,27,29). The molecule has 0 aromatic heterocycles. The summed E-state index contributed by atoms with van der Waals surface area (Å²) >= 11 is 13.7. The van der Waals surface area contributed by atoms with Crippen molar-refractivity contribution < 1.29 is 19.1 Å². The largest absolute Gasteiger partial charge is 0.482 e. The Labute approximate surface area is 215 Å². The second-order valence-corrected chi connectivity index (χ2v) is 10.2. The first-order valence-electron chi connectivity index (χ1n) is 9.37.